The van der Waals surface area contributed by atoms with Gasteiger partial charge in [0.15, 0.2) is 0 Å². The minimum atomic E-state index is 0.571. The third kappa shape index (κ3) is 2.62. The lowest BCUT2D eigenvalue weighted by molar-refractivity contribution is 0.500. The number of aryl methyl sites for hydroxylation is 1. The first kappa shape index (κ1) is 12.2. The summed E-state index contributed by atoms with van der Waals surface area (Å²) in [4.78, 5) is 11.5. The van der Waals surface area contributed by atoms with Gasteiger partial charge in [0.1, 0.15) is 5.82 Å². The fourth-order valence-electron chi connectivity index (χ4n) is 2.82. The summed E-state index contributed by atoms with van der Waals surface area (Å²) in [5.41, 5.74) is 8.98. The van der Waals surface area contributed by atoms with Crippen molar-refractivity contribution in [2.75, 3.05) is 24.5 Å². The molecule has 19 heavy (non-hydrogen) atoms. The summed E-state index contributed by atoms with van der Waals surface area (Å²) in [6.45, 7) is 4.83. The number of hydrogen-bond acceptors (Lipinski definition) is 4. The van der Waals surface area contributed by atoms with Gasteiger partial charge in [0.25, 0.3) is 0 Å². The van der Waals surface area contributed by atoms with Crippen LogP contribution in [0.5, 0.6) is 0 Å². The van der Waals surface area contributed by atoms with E-state index in [1.807, 2.05) is 13.0 Å². The standard InChI is InChI=1S/C15H20N4/c1-11-3-2-4-15(18-11)19-7-5-12(6-8-19)14-9-13(16)10-17-14/h2-4,9,12H,5-8,10,16H2,1H3. The van der Waals surface area contributed by atoms with Crippen LogP contribution in [0.4, 0.5) is 5.82 Å². The van der Waals surface area contributed by atoms with Crippen molar-refractivity contribution in [2.45, 2.75) is 19.8 Å². The summed E-state index contributed by atoms with van der Waals surface area (Å²) in [6.07, 6.45) is 4.34. The Balaban J connectivity index is 1.64. The predicted molar refractivity (Wildman–Crippen MR) is 78.5 cm³/mol. The third-order valence-corrected chi connectivity index (χ3v) is 3.89. The van der Waals surface area contributed by atoms with Crippen LogP contribution in [-0.2, 0) is 0 Å². The monoisotopic (exact) mass is 256 g/mol. The van der Waals surface area contributed by atoms with Crippen molar-refractivity contribution in [3.8, 4) is 0 Å². The highest BCUT2D eigenvalue weighted by Crippen LogP contribution is 2.25. The van der Waals surface area contributed by atoms with Crippen molar-refractivity contribution in [1.29, 1.82) is 0 Å². The zero-order valence-corrected chi connectivity index (χ0v) is 11.3. The second kappa shape index (κ2) is 5.03. The van der Waals surface area contributed by atoms with Gasteiger partial charge in [0.05, 0.1) is 6.54 Å². The second-order valence-corrected chi connectivity index (χ2v) is 5.36. The number of nitrogens with zero attached hydrogens (tertiary/aromatic N) is 3. The molecule has 0 aromatic carbocycles. The Hall–Kier alpha value is -1.84. The molecule has 3 heterocycles. The molecule has 100 valence electrons. The SMILES string of the molecule is Cc1cccc(N2CCC(C3=NCC(N)=C3)CC2)n1. The molecular formula is C15H20N4. The molecule has 0 unspecified atom stereocenters. The molecule has 1 aromatic heterocycles. The number of nitrogens with two attached hydrogens (primary N) is 1. The molecule has 3 rings (SSSR count). The van der Waals surface area contributed by atoms with Gasteiger partial charge in [-0.15, -0.1) is 0 Å². The van der Waals surface area contributed by atoms with E-state index in [1.54, 1.807) is 0 Å². The average molecular weight is 256 g/mol. The molecular weight excluding hydrogens is 236 g/mol. The summed E-state index contributed by atoms with van der Waals surface area (Å²) < 4.78 is 0. The van der Waals surface area contributed by atoms with Crippen molar-refractivity contribution < 1.29 is 0 Å². The van der Waals surface area contributed by atoms with Crippen molar-refractivity contribution in [3.05, 3.63) is 35.7 Å². The molecule has 2 aliphatic rings. The van der Waals surface area contributed by atoms with E-state index in [1.165, 1.54) is 5.71 Å². The van der Waals surface area contributed by atoms with Crippen LogP contribution in [0.15, 0.2) is 35.0 Å². The first-order valence-electron chi connectivity index (χ1n) is 6.91. The predicted octanol–water partition coefficient (Wildman–Crippen LogP) is 1.90. The van der Waals surface area contributed by atoms with E-state index in [0.717, 1.165) is 43.1 Å². The highest BCUT2D eigenvalue weighted by molar-refractivity contribution is 5.99. The summed E-state index contributed by atoms with van der Waals surface area (Å²) in [5, 5.41) is 0. The number of aromatic nitrogens is 1. The quantitative estimate of drug-likeness (QED) is 0.879. The van der Waals surface area contributed by atoms with Crippen LogP contribution < -0.4 is 10.6 Å². The number of pyridine rings is 1. The third-order valence-electron chi connectivity index (χ3n) is 3.89. The van der Waals surface area contributed by atoms with E-state index in [9.17, 15) is 0 Å². The number of hydrogen-bond donors (Lipinski definition) is 1. The van der Waals surface area contributed by atoms with E-state index >= 15 is 0 Å². The van der Waals surface area contributed by atoms with Crippen molar-refractivity contribution in [2.24, 2.45) is 16.6 Å². The molecule has 4 heteroatoms. The van der Waals surface area contributed by atoms with E-state index in [0.29, 0.717) is 12.5 Å². The number of piperidine rings is 1. The van der Waals surface area contributed by atoms with Gasteiger partial charge >= 0.3 is 0 Å². The first-order valence-corrected chi connectivity index (χ1v) is 6.91. The maximum absolute atomic E-state index is 5.79. The topological polar surface area (TPSA) is 54.5 Å². The Morgan fingerprint density at radius 2 is 2.05 bits per heavy atom. The van der Waals surface area contributed by atoms with Gasteiger partial charge in [0, 0.05) is 36.1 Å². The molecule has 2 aliphatic heterocycles. The average Bonchev–Trinajstić information content (AvgIpc) is 2.86. The smallest absolute Gasteiger partial charge is 0.128 e. The van der Waals surface area contributed by atoms with E-state index < -0.39 is 0 Å². The van der Waals surface area contributed by atoms with E-state index in [4.69, 9.17) is 5.73 Å². The maximum atomic E-state index is 5.79. The Labute approximate surface area is 114 Å². The molecule has 0 bridgehead atoms. The van der Waals surface area contributed by atoms with Crippen LogP contribution in [0, 0.1) is 12.8 Å². The van der Waals surface area contributed by atoms with Crippen molar-refractivity contribution in [1.82, 2.24) is 4.98 Å². The molecule has 0 amide bonds. The Bertz CT molecular complexity index is 525. The van der Waals surface area contributed by atoms with Gasteiger partial charge in [-0.2, -0.15) is 0 Å². The van der Waals surface area contributed by atoms with E-state index in [-0.39, 0.29) is 0 Å². The van der Waals surface area contributed by atoms with Crippen LogP contribution in [0.25, 0.3) is 0 Å². The fourth-order valence-corrected chi connectivity index (χ4v) is 2.82. The zero-order chi connectivity index (χ0) is 13.2. The van der Waals surface area contributed by atoms with Gasteiger partial charge in [-0.3, -0.25) is 4.99 Å². The van der Waals surface area contributed by atoms with Crippen molar-refractivity contribution >= 4 is 11.5 Å². The highest BCUT2D eigenvalue weighted by Gasteiger charge is 2.24. The van der Waals surface area contributed by atoms with Crippen LogP contribution in [0.3, 0.4) is 0 Å². The zero-order valence-electron chi connectivity index (χ0n) is 11.3. The molecule has 0 aliphatic carbocycles. The van der Waals surface area contributed by atoms with Crippen LogP contribution in [-0.4, -0.2) is 30.3 Å². The summed E-state index contributed by atoms with van der Waals surface area (Å²) >= 11 is 0. The van der Waals surface area contributed by atoms with Crippen LogP contribution >= 0.6 is 0 Å². The Morgan fingerprint density at radius 1 is 1.26 bits per heavy atom. The lowest BCUT2D eigenvalue weighted by Crippen LogP contribution is -2.36. The van der Waals surface area contributed by atoms with Crippen LogP contribution in [0.1, 0.15) is 18.5 Å². The number of allylic oxidation sites excluding steroid dienone is 1. The molecule has 4 nitrogen and oxygen atoms in total. The molecule has 0 spiro atoms. The number of anilines is 1. The second-order valence-electron chi connectivity index (χ2n) is 5.36. The van der Waals surface area contributed by atoms with Gasteiger partial charge in [-0.05, 0) is 38.0 Å². The molecule has 1 fully saturated rings. The van der Waals surface area contributed by atoms with Gasteiger partial charge < -0.3 is 10.6 Å². The van der Waals surface area contributed by atoms with E-state index in [2.05, 4.69) is 33.1 Å². The molecule has 2 N–H and O–H groups in total. The largest absolute Gasteiger partial charge is 0.400 e. The first-order chi connectivity index (χ1) is 9.22. The Morgan fingerprint density at radius 3 is 2.68 bits per heavy atom. The normalized spacial score (nSPS) is 20.4. The lowest BCUT2D eigenvalue weighted by atomic mass is 9.92. The molecule has 1 aromatic rings. The fraction of sp³-hybridized carbons (Fsp3) is 0.467. The molecule has 0 radical (unpaired) electrons. The minimum Gasteiger partial charge on any atom is -0.400 e. The molecule has 1 saturated heterocycles. The van der Waals surface area contributed by atoms with Crippen LogP contribution in [0.2, 0.25) is 0 Å². The highest BCUT2D eigenvalue weighted by atomic mass is 15.2. The minimum absolute atomic E-state index is 0.571. The number of rotatable bonds is 2. The summed E-state index contributed by atoms with van der Waals surface area (Å²) in [7, 11) is 0. The summed E-state index contributed by atoms with van der Waals surface area (Å²) in [6, 6.07) is 6.21. The Kier molecular flexibility index (Phi) is 3.23. The summed E-state index contributed by atoms with van der Waals surface area (Å²) in [5.74, 6) is 1.67. The maximum Gasteiger partial charge on any atom is 0.128 e. The number of aliphatic imine (C=N–C) groups is 1. The lowest BCUT2D eigenvalue weighted by Gasteiger charge is -2.32. The van der Waals surface area contributed by atoms with Gasteiger partial charge in [0.2, 0.25) is 0 Å². The van der Waals surface area contributed by atoms with Gasteiger partial charge in [-0.25, -0.2) is 4.98 Å². The molecule has 0 atom stereocenters. The van der Waals surface area contributed by atoms with Gasteiger partial charge in [-0.1, -0.05) is 6.07 Å². The van der Waals surface area contributed by atoms with Crippen molar-refractivity contribution in [3.63, 3.8) is 0 Å². The molecule has 0 saturated carbocycles.